The van der Waals surface area contributed by atoms with E-state index in [-0.39, 0.29) is 5.91 Å². The molecule has 0 bridgehead atoms. The minimum Gasteiger partial charge on any atom is -0.493 e. The number of carbonyl (C=O) groups is 1. The number of hydrogen-bond acceptors (Lipinski definition) is 4. The Morgan fingerprint density at radius 1 is 0.926 bits per heavy atom. The fraction of sp³-hybridized carbons (Fsp3) is 0.409. The third-order valence-corrected chi connectivity index (χ3v) is 5.07. The molecule has 27 heavy (non-hydrogen) atoms. The van der Waals surface area contributed by atoms with Gasteiger partial charge in [0.25, 0.3) is 5.91 Å². The van der Waals surface area contributed by atoms with Crippen LogP contribution in [0, 0.1) is 0 Å². The van der Waals surface area contributed by atoms with Gasteiger partial charge >= 0.3 is 0 Å². The van der Waals surface area contributed by atoms with Crippen LogP contribution in [0.2, 0.25) is 0 Å². The van der Waals surface area contributed by atoms with Crippen molar-refractivity contribution in [1.29, 1.82) is 0 Å². The van der Waals surface area contributed by atoms with E-state index in [0.29, 0.717) is 17.1 Å². The van der Waals surface area contributed by atoms with Crippen molar-refractivity contribution in [3.8, 4) is 11.5 Å². The second-order valence-electron chi connectivity index (χ2n) is 6.79. The Labute approximate surface area is 161 Å². The molecule has 5 nitrogen and oxygen atoms in total. The second kappa shape index (κ2) is 9.42. The number of carbonyl (C=O) groups excluding carboxylic acids is 1. The highest BCUT2D eigenvalue weighted by Crippen LogP contribution is 2.28. The molecule has 1 fully saturated rings. The zero-order chi connectivity index (χ0) is 19.1. The maximum absolute atomic E-state index is 12.9. The SMILES string of the molecule is COc1ccc(C(=O)N2CCCN(CCc3ccccc3)CC2)cc1OC. The molecule has 144 valence electrons. The third-order valence-electron chi connectivity index (χ3n) is 5.07. The van der Waals surface area contributed by atoms with Crippen LogP contribution >= 0.6 is 0 Å². The lowest BCUT2D eigenvalue weighted by molar-refractivity contribution is 0.0761. The summed E-state index contributed by atoms with van der Waals surface area (Å²) in [4.78, 5) is 17.3. The average Bonchev–Trinajstić information content (AvgIpc) is 2.97. The summed E-state index contributed by atoms with van der Waals surface area (Å²) in [6.07, 6.45) is 2.04. The molecule has 3 rings (SSSR count). The van der Waals surface area contributed by atoms with Gasteiger partial charge in [-0.05, 0) is 43.1 Å². The van der Waals surface area contributed by atoms with E-state index in [0.717, 1.165) is 45.6 Å². The molecule has 0 radical (unpaired) electrons. The van der Waals surface area contributed by atoms with Crippen molar-refractivity contribution in [2.45, 2.75) is 12.8 Å². The van der Waals surface area contributed by atoms with Gasteiger partial charge in [-0.3, -0.25) is 4.79 Å². The van der Waals surface area contributed by atoms with E-state index in [9.17, 15) is 4.79 Å². The zero-order valence-corrected chi connectivity index (χ0v) is 16.2. The minimum atomic E-state index is 0.0564. The van der Waals surface area contributed by atoms with Gasteiger partial charge in [0.15, 0.2) is 11.5 Å². The number of benzene rings is 2. The predicted molar refractivity (Wildman–Crippen MR) is 107 cm³/mol. The molecular formula is C22H28N2O3. The predicted octanol–water partition coefficient (Wildman–Crippen LogP) is 3.09. The first kappa shape index (κ1) is 19.2. The summed E-state index contributed by atoms with van der Waals surface area (Å²) in [5.41, 5.74) is 2.00. The van der Waals surface area contributed by atoms with E-state index in [1.165, 1.54) is 5.56 Å². The molecule has 2 aromatic rings. The molecule has 1 aliphatic rings. The van der Waals surface area contributed by atoms with Gasteiger partial charge in [0.05, 0.1) is 14.2 Å². The van der Waals surface area contributed by atoms with Crippen molar-refractivity contribution < 1.29 is 14.3 Å². The molecule has 1 aliphatic heterocycles. The molecule has 2 aromatic carbocycles. The van der Waals surface area contributed by atoms with Gasteiger partial charge in [0, 0.05) is 31.7 Å². The van der Waals surface area contributed by atoms with Gasteiger partial charge < -0.3 is 19.3 Å². The van der Waals surface area contributed by atoms with Crippen LogP contribution in [0.3, 0.4) is 0 Å². The lowest BCUT2D eigenvalue weighted by Crippen LogP contribution is -2.35. The Kier molecular flexibility index (Phi) is 6.71. The summed E-state index contributed by atoms with van der Waals surface area (Å²) in [7, 11) is 3.18. The fourth-order valence-electron chi connectivity index (χ4n) is 3.48. The largest absolute Gasteiger partial charge is 0.493 e. The quantitative estimate of drug-likeness (QED) is 0.786. The molecule has 1 amide bonds. The molecule has 0 spiro atoms. The van der Waals surface area contributed by atoms with Gasteiger partial charge in [-0.25, -0.2) is 0 Å². The van der Waals surface area contributed by atoms with Gasteiger partial charge in [-0.15, -0.1) is 0 Å². The van der Waals surface area contributed by atoms with Crippen molar-refractivity contribution in [3.63, 3.8) is 0 Å². The van der Waals surface area contributed by atoms with Crippen molar-refractivity contribution in [1.82, 2.24) is 9.80 Å². The Hall–Kier alpha value is -2.53. The van der Waals surface area contributed by atoms with E-state index in [1.54, 1.807) is 26.4 Å². The summed E-state index contributed by atoms with van der Waals surface area (Å²) in [6, 6.07) is 15.9. The van der Waals surface area contributed by atoms with Crippen LogP contribution in [0.15, 0.2) is 48.5 Å². The molecule has 0 atom stereocenters. The first-order chi connectivity index (χ1) is 13.2. The van der Waals surface area contributed by atoms with Crippen LogP contribution in [0.25, 0.3) is 0 Å². The first-order valence-corrected chi connectivity index (χ1v) is 9.49. The highest BCUT2D eigenvalue weighted by molar-refractivity contribution is 5.95. The van der Waals surface area contributed by atoms with Gasteiger partial charge in [0.2, 0.25) is 0 Å². The maximum atomic E-state index is 12.9. The van der Waals surface area contributed by atoms with E-state index in [2.05, 4.69) is 29.2 Å². The van der Waals surface area contributed by atoms with Crippen molar-refractivity contribution in [2.24, 2.45) is 0 Å². The van der Waals surface area contributed by atoms with E-state index in [4.69, 9.17) is 9.47 Å². The van der Waals surface area contributed by atoms with Crippen LogP contribution < -0.4 is 9.47 Å². The number of ether oxygens (including phenoxy) is 2. The summed E-state index contributed by atoms with van der Waals surface area (Å²) in [6.45, 7) is 4.51. The van der Waals surface area contributed by atoms with Crippen LogP contribution in [0.1, 0.15) is 22.3 Å². The number of nitrogens with zero attached hydrogens (tertiary/aromatic N) is 2. The molecular weight excluding hydrogens is 340 g/mol. The number of amides is 1. The highest BCUT2D eigenvalue weighted by Gasteiger charge is 2.21. The number of hydrogen-bond donors (Lipinski definition) is 0. The van der Waals surface area contributed by atoms with Crippen molar-refractivity contribution in [2.75, 3.05) is 46.9 Å². The van der Waals surface area contributed by atoms with Crippen LogP contribution in [-0.2, 0) is 6.42 Å². The van der Waals surface area contributed by atoms with Crippen LogP contribution in [0.4, 0.5) is 0 Å². The Morgan fingerprint density at radius 2 is 1.70 bits per heavy atom. The van der Waals surface area contributed by atoms with E-state index in [1.807, 2.05) is 17.0 Å². The van der Waals surface area contributed by atoms with Gasteiger partial charge in [-0.1, -0.05) is 30.3 Å². The van der Waals surface area contributed by atoms with Crippen LogP contribution in [0.5, 0.6) is 11.5 Å². The molecule has 5 heteroatoms. The third kappa shape index (κ3) is 5.01. The Bertz CT molecular complexity index is 748. The number of methoxy groups -OCH3 is 2. The number of rotatable bonds is 6. The van der Waals surface area contributed by atoms with Gasteiger partial charge in [0.1, 0.15) is 0 Å². The summed E-state index contributed by atoms with van der Waals surface area (Å²) in [5.74, 6) is 1.28. The van der Waals surface area contributed by atoms with Crippen molar-refractivity contribution in [3.05, 3.63) is 59.7 Å². The summed E-state index contributed by atoms with van der Waals surface area (Å²) in [5, 5.41) is 0. The molecule has 0 N–H and O–H groups in total. The average molecular weight is 368 g/mol. The molecule has 0 unspecified atom stereocenters. The van der Waals surface area contributed by atoms with E-state index >= 15 is 0 Å². The molecule has 0 aliphatic carbocycles. The lowest BCUT2D eigenvalue weighted by Gasteiger charge is -2.22. The molecule has 1 heterocycles. The Balaban J connectivity index is 1.58. The van der Waals surface area contributed by atoms with Crippen molar-refractivity contribution >= 4 is 5.91 Å². The normalized spacial score (nSPS) is 15.3. The minimum absolute atomic E-state index is 0.0564. The van der Waals surface area contributed by atoms with E-state index < -0.39 is 0 Å². The zero-order valence-electron chi connectivity index (χ0n) is 16.2. The smallest absolute Gasteiger partial charge is 0.254 e. The fourth-order valence-corrected chi connectivity index (χ4v) is 3.48. The maximum Gasteiger partial charge on any atom is 0.254 e. The monoisotopic (exact) mass is 368 g/mol. The molecule has 1 saturated heterocycles. The summed E-state index contributed by atoms with van der Waals surface area (Å²) < 4.78 is 10.6. The topological polar surface area (TPSA) is 42.0 Å². The molecule has 0 aromatic heterocycles. The summed E-state index contributed by atoms with van der Waals surface area (Å²) >= 11 is 0. The van der Waals surface area contributed by atoms with Gasteiger partial charge in [-0.2, -0.15) is 0 Å². The second-order valence-corrected chi connectivity index (χ2v) is 6.79. The standard InChI is InChI=1S/C22H28N2O3/c1-26-20-10-9-19(17-21(20)27-2)22(25)24-13-6-12-23(15-16-24)14-11-18-7-4-3-5-8-18/h3-5,7-10,17H,6,11-16H2,1-2H3. The molecule has 0 saturated carbocycles. The van der Waals surface area contributed by atoms with Crippen LogP contribution in [-0.4, -0.2) is 62.7 Å². The Morgan fingerprint density at radius 3 is 2.44 bits per heavy atom. The highest BCUT2D eigenvalue weighted by atomic mass is 16.5. The first-order valence-electron chi connectivity index (χ1n) is 9.49. The lowest BCUT2D eigenvalue weighted by atomic mass is 10.1.